The number of fused-ring (bicyclic) bond motifs is 6. The van der Waals surface area contributed by atoms with Gasteiger partial charge in [-0.25, -0.2) is 39.1 Å². The highest BCUT2D eigenvalue weighted by atomic mass is 16.6. The number of benzene rings is 8. The molecule has 0 aliphatic carbocycles. The molecule has 0 radical (unpaired) electrons. The number of nitrogens with zero attached hydrogens (tertiary/aromatic N) is 4. The van der Waals surface area contributed by atoms with E-state index >= 15 is 0 Å². The normalized spacial score (nSPS) is 11.3. The molecule has 286 valence electrons. The molecule has 0 unspecified atom stereocenters. The summed E-state index contributed by atoms with van der Waals surface area (Å²) in [5.41, 5.74) is -0.296. The number of aromatic nitrogens is 4. The summed E-state index contributed by atoms with van der Waals surface area (Å²) < 4.78 is 22.8. The van der Waals surface area contributed by atoms with Gasteiger partial charge in [-0.05, 0) is 48.5 Å². The van der Waals surface area contributed by atoms with E-state index in [4.69, 9.17) is 38.9 Å². The first-order chi connectivity index (χ1) is 29.4. The highest BCUT2D eigenvalue weighted by Gasteiger charge is 2.31. The first-order valence-electron chi connectivity index (χ1n) is 18.6. The van der Waals surface area contributed by atoms with E-state index in [1.54, 1.807) is 133 Å². The third-order valence-corrected chi connectivity index (χ3v) is 9.78. The average molecular weight is 787 g/mol. The van der Waals surface area contributed by atoms with Gasteiger partial charge in [-0.2, -0.15) is 0 Å². The molecule has 12 heteroatoms. The van der Waals surface area contributed by atoms with Crippen molar-refractivity contribution in [3.8, 4) is 23.0 Å². The number of carbonyl (C=O) groups excluding carboxylic acids is 4. The van der Waals surface area contributed by atoms with Crippen LogP contribution in [0, 0.1) is 0 Å². The summed E-state index contributed by atoms with van der Waals surface area (Å²) >= 11 is 0. The fourth-order valence-electron chi connectivity index (χ4n) is 7.20. The molecule has 0 saturated carbocycles. The number of rotatable bonds is 8. The molecular formula is C48H26N4O8. The van der Waals surface area contributed by atoms with Crippen LogP contribution in [0.2, 0.25) is 0 Å². The van der Waals surface area contributed by atoms with E-state index in [2.05, 4.69) is 0 Å². The summed E-state index contributed by atoms with van der Waals surface area (Å²) in [6.07, 6.45) is 0. The standard InChI is InChI=1S/C48H26N4O8/c53-45(57-27-15-5-1-6-16-27)41-42(46(54)58-28-17-7-2-8-18-28)50-38-32-24-14-26-34-36(32)35-31(37(38)49-41)23-13-25-33(35)39-40(34)52-44(48(56)60-30-21-11-4-12-22-30)43(51-39)47(55)59-29-19-9-3-10-20-29/h1-26H. The van der Waals surface area contributed by atoms with Gasteiger partial charge in [0.05, 0.1) is 22.1 Å². The Balaban J connectivity index is 1.23. The van der Waals surface area contributed by atoms with Gasteiger partial charge in [-0.3, -0.25) is 0 Å². The van der Waals surface area contributed by atoms with Gasteiger partial charge in [-0.15, -0.1) is 0 Å². The Labute approximate surface area is 338 Å². The second-order valence-corrected chi connectivity index (χ2v) is 13.5. The Hall–Kier alpha value is -8.64. The van der Waals surface area contributed by atoms with Crippen molar-refractivity contribution in [1.29, 1.82) is 0 Å². The highest BCUT2D eigenvalue weighted by Crippen LogP contribution is 2.43. The number of ether oxygens (including phenoxy) is 4. The molecule has 8 aromatic carbocycles. The molecule has 0 aliphatic rings. The Morgan fingerprint density at radius 1 is 0.283 bits per heavy atom. The molecule has 0 N–H and O–H groups in total. The van der Waals surface area contributed by atoms with Gasteiger partial charge in [0.1, 0.15) is 23.0 Å². The van der Waals surface area contributed by atoms with Crippen LogP contribution in [0.1, 0.15) is 42.0 Å². The van der Waals surface area contributed by atoms with Crippen LogP contribution < -0.4 is 18.9 Å². The van der Waals surface area contributed by atoms with E-state index in [1.165, 1.54) is 0 Å². The number of esters is 4. The zero-order valence-corrected chi connectivity index (χ0v) is 31.1. The second kappa shape index (κ2) is 14.7. The van der Waals surface area contributed by atoms with Gasteiger partial charge in [0.2, 0.25) is 0 Å². The number of hydrogen-bond acceptors (Lipinski definition) is 12. The van der Waals surface area contributed by atoms with Crippen LogP contribution in [0.15, 0.2) is 158 Å². The minimum absolute atomic E-state index is 0.236. The second-order valence-electron chi connectivity index (χ2n) is 13.5. The molecule has 12 nitrogen and oxygen atoms in total. The zero-order valence-electron chi connectivity index (χ0n) is 31.1. The largest absolute Gasteiger partial charge is 0.422 e. The molecule has 0 atom stereocenters. The molecule has 0 fully saturated rings. The lowest BCUT2D eigenvalue weighted by atomic mass is 9.91. The topological polar surface area (TPSA) is 157 Å². The SMILES string of the molecule is O=C(Oc1ccccc1)c1nc2c3cccc4c5nc(C(=O)Oc6ccccc6)c(C(=O)Oc6ccccc6)nc5c5cccc(c2nc1C(=O)Oc1ccccc1)c5c34. The molecule has 2 heterocycles. The van der Waals surface area contributed by atoms with E-state index in [0.717, 1.165) is 0 Å². The Morgan fingerprint density at radius 2 is 0.500 bits per heavy atom. The van der Waals surface area contributed by atoms with Crippen LogP contribution in [0.4, 0.5) is 0 Å². The average Bonchev–Trinajstić information content (AvgIpc) is 3.29. The Morgan fingerprint density at radius 3 is 0.717 bits per heavy atom. The maximum absolute atomic E-state index is 13.9. The first-order valence-corrected chi connectivity index (χ1v) is 18.6. The van der Waals surface area contributed by atoms with E-state index in [9.17, 15) is 19.2 Å². The summed E-state index contributed by atoms with van der Waals surface area (Å²) in [5.74, 6) is -2.75. The van der Waals surface area contributed by atoms with Crippen LogP contribution in [0.3, 0.4) is 0 Å². The zero-order chi connectivity index (χ0) is 40.7. The van der Waals surface area contributed by atoms with Crippen molar-refractivity contribution in [3.63, 3.8) is 0 Å². The van der Waals surface area contributed by atoms with Crippen molar-refractivity contribution >= 4 is 78.3 Å². The van der Waals surface area contributed by atoms with Gasteiger partial charge in [0.25, 0.3) is 0 Å². The molecular weight excluding hydrogens is 761 g/mol. The molecule has 0 spiro atoms. The van der Waals surface area contributed by atoms with Gasteiger partial charge in [0, 0.05) is 32.3 Å². The van der Waals surface area contributed by atoms with Gasteiger partial charge >= 0.3 is 23.9 Å². The fourth-order valence-corrected chi connectivity index (χ4v) is 7.20. The van der Waals surface area contributed by atoms with Crippen LogP contribution in [-0.2, 0) is 0 Å². The summed E-state index contributed by atoms with van der Waals surface area (Å²) in [4.78, 5) is 75.0. The van der Waals surface area contributed by atoms with Crippen molar-refractivity contribution in [2.75, 3.05) is 0 Å². The van der Waals surface area contributed by atoms with Crippen molar-refractivity contribution in [2.45, 2.75) is 0 Å². The molecule has 60 heavy (non-hydrogen) atoms. The van der Waals surface area contributed by atoms with Crippen molar-refractivity contribution < 1.29 is 38.1 Å². The predicted octanol–water partition coefficient (Wildman–Crippen LogP) is 9.35. The van der Waals surface area contributed by atoms with Crippen molar-refractivity contribution in [2.24, 2.45) is 0 Å². The van der Waals surface area contributed by atoms with Crippen LogP contribution in [0.5, 0.6) is 23.0 Å². The Bertz CT molecular complexity index is 2890. The van der Waals surface area contributed by atoms with Crippen molar-refractivity contribution in [3.05, 3.63) is 181 Å². The summed E-state index contributed by atoms with van der Waals surface area (Å²) in [6, 6.07) is 44.4. The van der Waals surface area contributed by atoms with Gasteiger partial charge in [0.15, 0.2) is 22.8 Å². The predicted molar refractivity (Wildman–Crippen MR) is 222 cm³/mol. The summed E-state index contributed by atoms with van der Waals surface area (Å²) in [5, 5.41) is 3.55. The van der Waals surface area contributed by atoms with Crippen LogP contribution >= 0.6 is 0 Å². The highest BCUT2D eigenvalue weighted by molar-refractivity contribution is 6.38. The van der Waals surface area contributed by atoms with Gasteiger partial charge in [-0.1, -0.05) is 109 Å². The number of hydrogen-bond donors (Lipinski definition) is 0. The first kappa shape index (κ1) is 35.8. The minimum Gasteiger partial charge on any atom is -0.422 e. The minimum atomic E-state index is -0.923. The quantitative estimate of drug-likeness (QED) is 0.0623. The summed E-state index contributed by atoms with van der Waals surface area (Å²) in [7, 11) is 0. The molecule has 2 aromatic heterocycles. The smallest absolute Gasteiger partial charge is 0.364 e. The third kappa shape index (κ3) is 6.30. The fraction of sp³-hybridized carbons (Fsp3) is 0. The molecule has 0 saturated heterocycles. The molecule has 10 rings (SSSR count). The van der Waals surface area contributed by atoms with E-state index in [0.29, 0.717) is 32.3 Å². The lowest BCUT2D eigenvalue weighted by molar-refractivity contribution is 0.0683. The van der Waals surface area contributed by atoms with E-state index < -0.39 is 23.9 Å². The number of carbonyl (C=O) groups is 4. The van der Waals surface area contributed by atoms with E-state index in [1.807, 2.05) is 24.3 Å². The maximum atomic E-state index is 13.9. The van der Waals surface area contributed by atoms with Crippen LogP contribution in [0.25, 0.3) is 54.4 Å². The molecule has 0 amide bonds. The van der Waals surface area contributed by atoms with E-state index in [-0.39, 0.29) is 67.8 Å². The number of para-hydroxylation sites is 4. The Kier molecular flexibility index (Phi) is 8.76. The monoisotopic (exact) mass is 786 g/mol. The summed E-state index contributed by atoms with van der Waals surface area (Å²) in [6.45, 7) is 0. The lowest BCUT2D eigenvalue weighted by Crippen LogP contribution is -2.21. The lowest BCUT2D eigenvalue weighted by Gasteiger charge is -2.18. The molecule has 0 aliphatic heterocycles. The third-order valence-electron chi connectivity index (χ3n) is 9.78. The van der Waals surface area contributed by atoms with Crippen LogP contribution in [-0.4, -0.2) is 43.8 Å². The maximum Gasteiger partial charge on any atom is 0.364 e. The molecule has 10 aromatic rings. The van der Waals surface area contributed by atoms with Gasteiger partial charge < -0.3 is 18.9 Å². The molecule has 0 bridgehead atoms. The van der Waals surface area contributed by atoms with Crippen molar-refractivity contribution in [1.82, 2.24) is 19.9 Å².